The first-order chi connectivity index (χ1) is 8.06. The summed E-state index contributed by atoms with van der Waals surface area (Å²) in [5.74, 6) is -0.00194. The second-order valence-corrected chi connectivity index (χ2v) is 4.01. The Balaban J connectivity index is 2.84. The van der Waals surface area contributed by atoms with Crippen LogP contribution < -0.4 is 4.74 Å². The molecule has 4 heteroatoms. The van der Waals surface area contributed by atoms with E-state index in [1.807, 2.05) is 36.9 Å². The molecule has 0 fully saturated rings. The molecule has 1 rings (SSSR count). The van der Waals surface area contributed by atoms with E-state index in [9.17, 15) is 4.79 Å². The summed E-state index contributed by atoms with van der Waals surface area (Å²) >= 11 is 0. The summed E-state index contributed by atoms with van der Waals surface area (Å²) in [7, 11) is 1.63. The first-order valence-electron chi connectivity index (χ1n) is 5.64. The van der Waals surface area contributed by atoms with Gasteiger partial charge >= 0.3 is 5.97 Å². The van der Waals surface area contributed by atoms with Crippen LogP contribution in [0.25, 0.3) is 0 Å². The van der Waals surface area contributed by atoms with Crippen molar-refractivity contribution < 1.29 is 14.6 Å². The highest BCUT2D eigenvalue weighted by molar-refractivity contribution is 5.69. The highest BCUT2D eigenvalue weighted by atomic mass is 16.5. The van der Waals surface area contributed by atoms with Gasteiger partial charge in [0, 0.05) is 12.1 Å². The summed E-state index contributed by atoms with van der Waals surface area (Å²) in [6, 6.07) is 5.93. The summed E-state index contributed by atoms with van der Waals surface area (Å²) in [5, 5.41) is 8.80. The Morgan fingerprint density at radius 3 is 2.71 bits per heavy atom. The lowest BCUT2D eigenvalue weighted by Crippen LogP contribution is -2.29. The Kier molecular flexibility index (Phi) is 4.97. The molecule has 4 nitrogen and oxygen atoms in total. The van der Waals surface area contributed by atoms with Crippen LogP contribution in [0.5, 0.6) is 5.75 Å². The van der Waals surface area contributed by atoms with Crippen LogP contribution in [0.1, 0.15) is 18.1 Å². The lowest BCUT2D eigenvalue weighted by Gasteiger charge is -2.19. The molecule has 0 aliphatic carbocycles. The number of carboxylic acids is 1. The minimum Gasteiger partial charge on any atom is -0.496 e. The number of aliphatic carboxylic acids is 1. The second-order valence-electron chi connectivity index (χ2n) is 4.01. The molecule has 0 heterocycles. The third kappa shape index (κ3) is 4.07. The van der Waals surface area contributed by atoms with E-state index in [0.717, 1.165) is 16.9 Å². The molecule has 1 aromatic rings. The Morgan fingerprint density at radius 2 is 2.18 bits per heavy atom. The summed E-state index contributed by atoms with van der Waals surface area (Å²) in [5.41, 5.74) is 2.17. The van der Waals surface area contributed by atoms with Crippen LogP contribution in [-0.2, 0) is 11.3 Å². The molecule has 0 saturated heterocycles. The molecule has 0 amide bonds. The monoisotopic (exact) mass is 237 g/mol. The molecular weight excluding hydrogens is 218 g/mol. The van der Waals surface area contributed by atoms with Crippen molar-refractivity contribution in [2.45, 2.75) is 20.4 Å². The molecule has 0 aliphatic heterocycles. The van der Waals surface area contributed by atoms with Gasteiger partial charge in [-0.15, -0.1) is 0 Å². The molecule has 0 unspecified atom stereocenters. The molecule has 1 N–H and O–H groups in total. The van der Waals surface area contributed by atoms with E-state index in [4.69, 9.17) is 9.84 Å². The molecule has 17 heavy (non-hydrogen) atoms. The summed E-state index contributed by atoms with van der Waals surface area (Å²) in [4.78, 5) is 12.6. The van der Waals surface area contributed by atoms with Gasteiger partial charge in [-0.05, 0) is 19.5 Å². The maximum absolute atomic E-state index is 10.7. The predicted molar refractivity (Wildman–Crippen MR) is 66.3 cm³/mol. The Labute approximate surface area is 102 Å². The van der Waals surface area contributed by atoms with E-state index >= 15 is 0 Å². The highest BCUT2D eigenvalue weighted by Gasteiger charge is 2.11. The normalized spacial score (nSPS) is 10.6. The number of aryl methyl sites for hydroxylation is 1. The van der Waals surface area contributed by atoms with Gasteiger partial charge in [0.05, 0.1) is 13.7 Å². The molecule has 1 aromatic carbocycles. The second kappa shape index (κ2) is 6.25. The maximum Gasteiger partial charge on any atom is 0.317 e. The third-order valence-corrected chi connectivity index (χ3v) is 2.64. The number of hydrogen-bond donors (Lipinski definition) is 1. The standard InChI is InChI=1S/C13H19NO3/c1-4-14(9-13(15)16)8-11-7-10(2)5-6-12(11)17-3/h5-7H,4,8-9H2,1-3H3,(H,15,16). The van der Waals surface area contributed by atoms with Gasteiger partial charge in [0.25, 0.3) is 0 Å². The van der Waals surface area contributed by atoms with Crippen LogP contribution in [0.2, 0.25) is 0 Å². The SMILES string of the molecule is CCN(CC(=O)O)Cc1cc(C)ccc1OC. The topological polar surface area (TPSA) is 49.8 Å². The van der Waals surface area contributed by atoms with E-state index in [2.05, 4.69) is 0 Å². The lowest BCUT2D eigenvalue weighted by molar-refractivity contribution is -0.138. The molecule has 0 atom stereocenters. The molecule has 0 spiro atoms. The number of likely N-dealkylation sites (N-methyl/N-ethyl adjacent to an activating group) is 1. The molecule has 94 valence electrons. The molecule has 0 bridgehead atoms. The van der Waals surface area contributed by atoms with Crippen LogP contribution >= 0.6 is 0 Å². The molecule has 0 aromatic heterocycles. The van der Waals surface area contributed by atoms with Crippen molar-refractivity contribution in [3.8, 4) is 5.75 Å². The van der Waals surface area contributed by atoms with Gasteiger partial charge in [0.15, 0.2) is 0 Å². The average Bonchev–Trinajstić information content (AvgIpc) is 2.28. The number of rotatable bonds is 6. The molecule has 0 radical (unpaired) electrons. The van der Waals surface area contributed by atoms with Crippen molar-refractivity contribution in [2.75, 3.05) is 20.2 Å². The summed E-state index contributed by atoms with van der Waals surface area (Å²) in [6.45, 7) is 5.30. The number of benzene rings is 1. The van der Waals surface area contributed by atoms with Crippen LogP contribution in [0.15, 0.2) is 18.2 Å². The summed E-state index contributed by atoms with van der Waals surface area (Å²) in [6.07, 6.45) is 0. The highest BCUT2D eigenvalue weighted by Crippen LogP contribution is 2.21. The van der Waals surface area contributed by atoms with Crippen molar-refractivity contribution >= 4 is 5.97 Å². The summed E-state index contributed by atoms with van der Waals surface area (Å²) < 4.78 is 5.28. The van der Waals surface area contributed by atoms with Gasteiger partial charge in [-0.25, -0.2) is 0 Å². The van der Waals surface area contributed by atoms with E-state index in [1.165, 1.54) is 0 Å². The number of nitrogens with zero attached hydrogens (tertiary/aromatic N) is 1. The Bertz CT molecular complexity index is 390. The van der Waals surface area contributed by atoms with Crippen molar-refractivity contribution in [2.24, 2.45) is 0 Å². The van der Waals surface area contributed by atoms with Crippen LogP contribution in [0, 0.1) is 6.92 Å². The Morgan fingerprint density at radius 1 is 1.47 bits per heavy atom. The predicted octanol–water partition coefficient (Wildman–Crippen LogP) is 1.91. The Hall–Kier alpha value is -1.55. The van der Waals surface area contributed by atoms with E-state index in [1.54, 1.807) is 7.11 Å². The fourth-order valence-corrected chi connectivity index (χ4v) is 1.74. The van der Waals surface area contributed by atoms with Crippen LogP contribution in [-0.4, -0.2) is 36.2 Å². The van der Waals surface area contributed by atoms with Gasteiger partial charge in [0.2, 0.25) is 0 Å². The van der Waals surface area contributed by atoms with E-state index in [-0.39, 0.29) is 6.54 Å². The minimum atomic E-state index is -0.807. The van der Waals surface area contributed by atoms with Gasteiger partial charge < -0.3 is 9.84 Å². The molecule has 0 aliphatic rings. The smallest absolute Gasteiger partial charge is 0.317 e. The number of methoxy groups -OCH3 is 1. The van der Waals surface area contributed by atoms with Crippen molar-refractivity contribution in [3.05, 3.63) is 29.3 Å². The fraction of sp³-hybridized carbons (Fsp3) is 0.462. The zero-order valence-electron chi connectivity index (χ0n) is 10.6. The number of carbonyl (C=O) groups is 1. The van der Waals surface area contributed by atoms with Gasteiger partial charge in [-0.2, -0.15) is 0 Å². The largest absolute Gasteiger partial charge is 0.496 e. The third-order valence-electron chi connectivity index (χ3n) is 2.64. The number of hydrogen-bond acceptors (Lipinski definition) is 3. The van der Waals surface area contributed by atoms with Crippen molar-refractivity contribution in [1.29, 1.82) is 0 Å². The van der Waals surface area contributed by atoms with Gasteiger partial charge in [-0.1, -0.05) is 24.6 Å². The van der Waals surface area contributed by atoms with Gasteiger partial charge in [-0.3, -0.25) is 9.69 Å². The number of ether oxygens (including phenoxy) is 1. The zero-order chi connectivity index (χ0) is 12.8. The molecule has 0 saturated carbocycles. The first-order valence-corrected chi connectivity index (χ1v) is 5.64. The number of carboxylic acid groups (broad SMARTS) is 1. The zero-order valence-corrected chi connectivity index (χ0v) is 10.6. The van der Waals surface area contributed by atoms with E-state index in [0.29, 0.717) is 13.1 Å². The minimum absolute atomic E-state index is 0.0492. The van der Waals surface area contributed by atoms with Crippen LogP contribution in [0.3, 0.4) is 0 Å². The van der Waals surface area contributed by atoms with Crippen molar-refractivity contribution in [3.63, 3.8) is 0 Å². The first kappa shape index (κ1) is 13.5. The lowest BCUT2D eigenvalue weighted by atomic mass is 10.1. The van der Waals surface area contributed by atoms with E-state index < -0.39 is 5.97 Å². The van der Waals surface area contributed by atoms with Crippen molar-refractivity contribution in [1.82, 2.24) is 4.90 Å². The average molecular weight is 237 g/mol. The maximum atomic E-state index is 10.7. The fourth-order valence-electron chi connectivity index (χ4n) is 1.74. The molecular formula is C13H19NO3. The van der Waals surface area contributed by atoms with Gasteiger partial charge in [0.1, 0.15) is 5.75 Å². The quantitative estimate of drug-likeness (QED) is 0.821. The van der Waals surface area contributed by atoms with Crippen LogP contribution in [0.4, 0.5) is 0 Å².